The molecule has 0 radical (unpaired) electrons. The van der Waals surface area contributed by atoms with Gasteiger partial charge in [0.25, 0.3) is 0 Å². The van der Waals surface area contributed by atoms with Gasteiger partial charge in [-0.25, -0.2) is 4.98 Å². The summed E-state index contributed by atoms with van der Waals surface area (Å²) in [6.07, 6.45) is 5.90. The van der Waals surface area contributed by atoms with Crippen molar-refractivity contribution in [3.8, 4) is 17.6 Å². The van der Waals surface area contributed by atoms with Gasteiger partial charge in [0.2, 0.25) is 0 Å². The molecule has 1 heterocycles. The Morgan fingerprint density at radius 3 is 2.46 bits per heavy atom. The van der Waals surface area contributed by atoms with E-state index in [1.165, 1.54) is 0 Å². The monoisotopic (exact) mass is 471 g/mol. The molecule has 0 unspecified atom stereocenters. The Balaban J connectivity index is 1.67. The van der Waals surface area contributed by atoms with Gasteiger partial charge in [0.1, 0.15) is 21.2 Å². The zero-order valence-corrected chi connectivity index (χ0v) is 18.6. The molecule has 2 rings (SSSR count). The van der Waals surface area contributed by atoms with Crippen molar-refractivity contribution >= 4 is 22.6 Å². The summed E-state index contributed by atoms with van der Waals surface area (Å²) in [4.78, 5) is 4.36. The Bertz CT molecular complexity index is 614. The molecule has 0 N–H and O–H groups in total. The number of ether oxygens (including phenoxy) is 3. The molecule has 5 heteroatoms. The van der Waals surface area contributed by atoms with Gasteiger partial charge in [-0.3, -0.25) is 0 Å². The molecule has 26 heavy (non-hydrogen) atoms. The van der Waals surface area contributed by atoms with Crippen LogP contribution in [0.1, 0.15) is 66.0 Å². The SMILES string of the molecule is CC(C)(I)OCCCC#Cc1ccc(O[C@H]2C[C@H](OC(C)(C)C)C2)cn1. The van der Waals surface area contributed by atoms with Gasteiger partial charge in [0, 0.05) is 25.9 Å². The highest BCUT2D eigenvalue weighted by Crippen LogP contribution is 2.30. The quantitative estimate of drug-likeness (QED) is 0.240. The Labute approximate surface area is 171 Å². The van der Waals surface area contributed by atoms with E-state index in [4.69, 9.17) is 14.2 Å². The molecule has 1 aliphatic rings. The second-order valence-electron chi connectivity index (χ2n) is 8.06. The maximum Gasteiger partial charge on any atom is 0.138 e. The Kier molecular flexibility index (Phi) is 7.75. The fourth-order valence-corrected chi connectivity index (χ4v) is 2.77. The molecule has 1 fully saturated rings. The van der Waals surface area contributed by atoms with Gasteiger partial charge < -0.3 is 14.2 Å². The molecule has 0 aliphatic heterocycles. The maximum absolute atomic E-state index is 5.93. The lowest BCUT2D eigenvalue weighted by Gasteiger charge is -2.39. The molecular weight excluding hydrogens is 441 g/mol. The highest BCUT2D eigenvalue weighted by Gasteiger charge is 2.34. The van der Waals surface area contributed by atoms with E-state index in [0.717, 1.165) is 43.7 Å². The van der Waals surface area contributed by atoms with Crippen LogP contribution in [0, 0.1) is 11.8 Å². The number of alkyl halides is 1. The molecule has 0 bridgehead atoms. The predicted octanol–water partition coefficient (Wildman–Crippen LogP) is 5.13. The predicted molar refractivity (Wildman–Crippen MR) is 113 cm³/mol. The van der Waals surface area contributed by atoms with Crippen LogP contribution in [0.5, 0.6) is 5.75 Å². The Morgan fingerprint density at radius 2 is 1.88 bits per heavy atom. The number of nitrogens with zero attached hydrogens (tertiary/aromatic N) is 1. The second kappa shape index (κ2) is 9.38. The van der Waals surface area contributed by atoms with Gasteiger partial charge in [-0.1, -0.05) is 5.92 Å². The van der Waals surface area contributed by atoms with Crippen LogP contribution in [0.3, 0.4) is 0 Å². The van der Waals surface area contributed by atoms with E-state index < -0.39 is 0 Å². The molecule has 1 aromatic heterocycles. The average molecular weight is 471 g/mol. The molecule has 1 aliphatic carbocycles. The maximum atomic E-state index is 5.93. The Hall–Kier alpha value is -0.840. The van der Waals surface area contributed by atoms with E-state index in [1.807, 2.05) is 26.0 Å². The summed E-state index contributed by atoms with van der Waals surface area (Å²) < 4.78 is 17.4. The molecule has 4 nitrogen and oxygen atoms in total. The zero-order valence-electron chi connectivity index (χ0n) is 16.5. The van der Waals surface area contributed by atoms with E-state index in [9.17, 15) is 0 Å². The smallest absolute Gasteiger partial charge is 0.138 e. The fraction of sp³-hybridized carbons (Fsp3) is 0.667. The highest BCUT2D eigenvalue weighted by atomic mass is 127. The van der Waals surface area contributed by atoms with Crippen molar-refractivity contribution in [1.29, 1.82) is 0 Å². The van der Waals surface area contributed by atoms with Crippen LogP contribution in [-0.2, 0) is 9.47 Å². The van der Waals surface area contributed by atoms with Gasteiger partial charge in [-0.05, 0) is 81.7 Å². The molecule has 0 atom stereocenters. The van der Waals surface area contributed by atoms with E-state index >= 15 is 0 Å². The first-order valence-corrected chi connectivity index (χ1v) is 10.3. The zero-order chi connectivity index (χ0) is 19.2. The van der Waals surface area contributed by atoms with Crippen LogP contribution in [0.4, 0.5) is 0 Å². The molecule has 0 amide bonds. The topological polar surface area (TPSA) is 40.6 Å². The molecule has 144 valence electrons. The van der Waals surface area contributed by atoms with Gasteiger partial charge in [0.05, 0.1) is 17.9 Å². The number of pyridine rings is 1. The summed E-state index contributed by atoms with van der Waals surface area (Å²) in [6.45, 7) is 11.1. The third-order valence-electron chi connectivity index (χ3n) is 3.72. The van der Waals surface area contributed by atoms with E-state index in [0.29, 0.717) is 6.10 Å². The first-order chi connectivity index (χ1) is 12.1. The number of hydrogen-bond acceptors (Lipinski definition) is 4. The summed E-state index contributed by atoms with van der Waals surface area (Å²) in [5.74, 6) is 7.03. The normalized spacial score (nSPS) is 20.1. The van der Waals surface area contributed by atoms with Crippen molar-refractivity contribution in [2.45, 2.75) is 81.7 Å². The molecule has 0 spiro atoms. The lowest BCUT2D eigenvalue weighted by atomic mass is 9.91. The van der Waals surface area contributed by atoms with E-state index in [2.05, 4.69) is 60.2 Å². The van der Waals surface area contributed by atoms with Gasteiger partial charge in [-0.2, -0.15) is 0 Å². The van der Waals surface area contributed by atoms with Gasteiger partial charge in [-0.15, -0.1) is 0 Å². The third kappa shape index (κ3) is 8.70. The molecule has 0 saturated heterocycles. The van der Waals surface area contributed by atoms with E-state index in [1.54, 1.807) is 6.20 Å². The highest BCUT2D eigenvalue weighted by molar-refractivity contribution is 14.1. The van der Waals surface area contributed by atoms with Crippen molar-refractivity contribution in [1.82, 2.24) is 4.98 Å². The summed E-state index contributed by atoms with van der Waals surface area (Å²) in [7, 11) is 0. The lowest BCUT2D eigenvalue weighted by molar-refractivity contribution is -0.126. The lowest BCUT2D eigenvalue weighted by Crippen LogP contribution is -2.43. The van der Waals surface area contributed by atoms with Gasteiger partial charge in [0.15, 0.2) is 0 Å². The number of unbranched alkanes of at least 4 members (excludes halogenated alkanes) is 1. The number of rotatable bonds is 7. The summed E-state index contributed by atoms with van der Waals surface area (Å²) in [5, 5.41) is 0. The number of hydrogen-bond donors (Lipinski definition) is 0. The van der Waals surface area contributed by atoms with Crippen LogP contribution in [0.25, 0.3) is 0 Å². The number of halogens is 1. The van der Waals surface area contributed by atoms with Crippen molar-refractivity contribution in [2.75, 3.05) is 6.61 Å². The van der Waals surface area contributed by atoms with Crippen molar-refractivity contribution < 1.29 is 14.2 Å². The van der Waals surface area contributed by atoms with Crippen LogP contribution in [0.2, 0.25) is 0 Å². The number of aromatic nitrogens is 1. The first kappa shape index (κ1) is 21.5. The van der Waals surface area contributed by atoms with Crippen LogP contribution < -0.4 is 4.74 Å². The van der Waals surface area contributed by atoms with Crippen molar-refractivity contribution in [3.05, 3.63) is 24.0 Å². The second-order valence-corrected chi connectivity index (χ2v) is 10.7. The first-order valence-electron chi connectivity index (χ1n) is 9.23. The van der Waals surface area contributed by atoms with Crippen LogP contribution >= 0.6 is 22.6 Å². The summed E-state index contributed by atoms with van der Waals surface area (Å²) >= 11 is 2.28. The minimum absolute atomic E-state index is 0.0873. The van der Waals surface area contributed by atoms with Gasteiger partial charge >= 0.3 is 0 Å². The summed E-state index contributed by atoms with van der Waals surface area (Å²) in [5.41, 5.74) is 0.686. The summed E-state index contributed by atoms with van der Waals surface area (Å²) in [6, 6.07) is 3.85. The molecular formula is C21H30INO3. The third-order valence-corrected chi connectivity index (χ3v) is 4.03. The molecule has 1 aromatic rings. The van der Waals surface area contributed by atoms with Crippen LogP contribution in [0.15, 0.2) is 18.3 Å². The fourth-order valence-electron chi connectivity index (χ4n) is 2.55. The minimum Gasteiger partial charge on any atom is -0.489 e. The Morgan fingerprint density at radius 1 is 1.15 bits per heavy atom. The van der Waals surface area contributed by atoms with E-state index in [-0.39, 0.29) is 15.3 Å². The van der Waals surface area contributed by atoms with Crippen LogP contribution in [-0.4, -0.2) is 33.0 Å². The van der Waals surface area contributed by atoms with Crippen molar-refractivity contribution in [2.24, 2.45) is 0 Å². The average Bonchev–Trinajstić information content (AvgIpc) is 2.48. The van der Waals surface area contributed by atoms with Crippen molar-refractivity contribution in [3.63, 3.8) is 0 Å². The minimum atomic E-state index is -0.109. The molecule has 0 aromatic carbocycles. The standard InChI is InChI=1S/C21H30INO3/c1-20(2,3)26-19-13-18(14-19)25-17-11-10-16(23-15-17)9-7-6-8-12-24-21(4,5)22/h10-11,15,18-19H,6,8,12-14H2,1-5H3/t18-,19-. The largest absolute Gasteiger partial charge is 0.489 e. The molecule has 1 saturated carbocycles.